The number of hydrogen-bond donors (Lipinski definition) is 3. The smallest absolute Gasteiger partial charge is 0.315 e. The van der Waals surface area contributed by atoms with Gasteiger partial charge in [-0.1, -0.05) is 13.8 Å². The molecule has 7 nitrogen and oxygen atoms in total. The summed E-state index contributed by atoms with van der Waals surface area (Å²) >= 11 is 0. The molecule has 0 saturated carbocycles. The predicted octanol–water partition coefficient (Wildman–Crippen LogP) is 0.343. The van der Waals surface area contributed by atoms with E-state index in [4.69, 9.17) is 0 Å². The lowest BCUT2D eigenvalue weighted by Crippen LogP contribution is -2.45. The molecule has 112 valence electrons. The van der Waals surface area contributed by atoms with Crippen LogP contribution in [0.3, 0.4) is 0 Å². The number of amides is 3. The van der Waals surface area contributed by atoms with E-state index in [1.54, 1.807) is 12.5 Å². The van der Waals surface area contributed by atoms with Gasteiger partial charge in [-0.15, -0.1) is 0 Å². The normalized spacial score (nSPS) is 12.0. The molecule has 0 spiro atoms. The first-order valence-corrected chi connectivity index (χ1v) is 6.77. The number of imidazole rings is 1. The van der Waals surface area contributed by atoms with Crippen LogP contribution >= 0.6 is 0 Å². The molecule has 1 unspecified atom stereocenters. The summed E-state index contributed by atoms with van der Waals surface area (Å²) in [4.78, 5) is 26.8. The zero-order chi connectivity index (χ0) is 15.0. The minimum atomic E-state index is -0.239. The van der Waals surface area contributed by atoms with Crippen LogP contribution in [0.4, 0.5) is 4.79 Å². The van der Waals surface area contributed by atoms with Crippen molar-refractivity contribution in [3.63, 3.8) is 0 Å². The largest absolute Gasteiger partial charge is 0.354 e. The number of carbonyl (C=O) groups excluding carboxylic acids is 2. The van der Waals surface area contributed by atoms with Gasteiger partial charge in [0.05, 0.1) is 6.33 Å². The molecule has 0 saturated heterocycles. The Kier molecular flexibility index (Phi) is 6.55. The topological polar surface area (TPSA) is 88.1 Å². The average Bonchev–Trinajstić information content (AvgIpc) is 2.86. The molecule has 1 aromatic rings. The summed E-state index contributed by atoms with van der Waals surface area (Å²) in [5, 5.41) is 8.25. The second-order valence-corrected chi connectivity index (χ2v) is 5.01. The van der Waals surface area contributed by atoms with Crippen molar-refractivity contribution >= 4 is 11.9 Å². The van der Waals surface area contributed by atoms with Gasteiger partial charge in [-0.3, -0.25) is 4.79 Å². The van der Waals surface area contributed by atoms with E-state index < -0.39 is 0 Å². The van der Waals surface area contributed by atoms with Crippen LogP contribution in [-0.2, 0) is 11.3 Å². The fourth-order valence-electron chi connectivity index (χ4n) is 1.60. The first kappa shape index (κ1) is 16.0. The number of aromatic nitrogens is 2. The van der Waals surface area contributed by atoms with Crippen molar-refractivity contribution in [2.75, 3.05) is 13.1 Å². The minimum absolute atomic E-state index is 0.00513. The monoisotopic (exact) mass is 281 g/mol. The summed E-state index contributed by atoms with van der Waals surface area (Å²) in [6.45, 7) is 7.07. The quantitative estimate of drug-likeness (QED) is 0.630. The van der Waals surface area contributed by atoms with Gasteiger partial charge < -0.3 is 20.5 Å². The van der Waals surface area contributed by atoms with E-state index in [2.05, 4.69) is 20.9 Å². The highest BCUT2D eigenvalue weighted by molar-refractivity contribution is 5.78. The van der Waals surface area contributed by atoms with E-state index in [0.717, 1.165) is 0 Å². The van der Waals surface area contributed by atoms with Crippen molar-refractivity contribution in [2.45, 2.75) is 33.4 Å². The van der Waals surface area contributed by atoms with E-state index in [0.29, 0.717) is 19.6 Å². The van der Waals surface area contributed by atoms with E-state index in [1.165, 1.54) is 0 Å². The van der Waals surface area contributed by atoms with Crippen LogP contribution in [-0.4, -0.2) is 40.6 Å². The summed E-state index contributed by atoms with van der Waals surface area (Å²) in [6, 6.07) is -0.245. The van der Waals surface area contributed by atoms with Gasteiger partial charge >= 0.3 is 6.03 Å². The van der Waals surface area contributed by atoms with Crippen LogP contribution < -0.4 is 16.0 Å². The van der Waals surface area contributed by atoms with Crippen molar-refractivity contribution in [1.29, 1.82) is 0 Å². The van der Waals surface area contributed by atoms with Gasteiger partial charge in [0, 0.05) is 44.0 Å². The zero-order valence-corrected chi connectivity index (χ0v) is 12.2. The maximum atomic E-state index is 11.6. The number of nitrogens with zero attached hydrogens (tertiary/aromatic N) is 2. The second-order valence-electron chi connectivity index (χ2n) is 5.01. The van der Waals surface area contributed by atoms with Crippen molar-refractivity contribution in [3.8, 4) is 0 Å². The molecule has 0 radical (unpaired) electrons. The Morgan fingerprint density at radius 2 is 1.90 bits per heavy atom. The lowest BCUT2D eigenvalue weighted by atomic mass is 10.2. The number of hydrogen-bond acceptors (Lipinski definition) is 3. The molecule has 0 fully saturated rings. The first-order chi connectivity index (χ1) is 9.49. The van der Waals surface area contributed by atoms with E-state index >= 15 is 0 Å². The molecular weight excluding hydrogens is 258 g/mol. The van der Waals surface area contributed by atoms with Crippen molar-refractivity contribution in [3.05, 3.63) is 18.7 Å². The fourth-order valence-corrected chi connectivity index (χ4v) is 1.60. The Morgan fingerprint density at radius 1 is 1.20 bits per heavy atom. The summed E-state index contributed by atoms with van der Waals surface area (Å²) < 4.78 is 1.90. The SMILES string of the molecule is CC(Cn1ccnc1)NC(=O)NCCNC(=O)C(C)C. The van der Waals surface area contributed by atoms with Crippen molar-refractivity contribution in [2.24, 2.45) is 5.92 Å². The number of nitrogens with one attached hydrogen (secondary N) is 3. The lowest BCUT2D eigenvalue weighted by Gasteiger charge is -2.15. The third-order valence-electron chi connectivity index (χ3n) is 2.66. The maximum Gasteiger partial charge on any atom is 0.315 e. The number of carbonyl (C=O) groups is 2. The molecule has 3 amide bonds. The Morgan fingerprint density at radius 3 is 2.50 bits per heavy atom. The minimum Gasteiger partial charge on any atom is -0.354 e. The Hall–Kier alpha value is -2.05. The molecule has 0 bridgehead atoms. The summed E-state index contributed by atoms with van der Waals surface area (Å²) in [6.07, 6.45) is 5.25. The fraction of sp³-hybridized carbons (Fsp3) is 0.615. The highest BCUT2D eigenvalue weighted by atomic mass is 16.2. The first-order valence-electron chi connectivity index (χ1n) is 6.77. The van der Waals surface area contributed by atoms with Crippen LogP contribution in [0.15, 0.2) is 18.7 Å². The lowest BCUT2D eigenvalue weighted by molar-refractivity contribution is -0.123. The highest BCUT2D eigenvalue weighted by Crippen LogP contribution is 1.91. The molecule has 1 aromatic heterocycles. The molecule has 3 N–H and O–H groups in total. The number of rotatable bonds is 7. The molecule has 0 aromatic carbocycles. The predicted molar refractivity (Wildman–Crippen MR) is 76.1 cm³/mol. The average molecular weight is 281 g/mol. The third kappa shape index (κ3) is 6.21. The van der Waals surface area contributed by atoms with E-state index in [9.17, 15) is 9.59 Å². The Bertz CT molecular complexity index is 416. The molecule has 1 heterocycles. The van der Waals surface area contributed by atoms with Gasteiger partial charge in [-0.05, 0) is 6.92 Å². The van der Waals surface area contributed by atoms with Crippen LogP contribution in [0.1, 0.15) is 20.8 Å². The van der Waals surface area contributed by atoms with Crippen LogP contribution in [0.2, 0.25) is 0 Å². The molecular formula is C13H23N5O2. The van der Waals surface area contributed by atoms with Gasteiger partial charge in [0.15, 0.2) is 0 Å². The second kappa shape index (κ2) is 8.19. The molecule has 20 heavy (non-hydrogen) atoms. The Balaban J connectivity index is 2.12. The molecule has 0 aliphatic rings. The third-order valence-corrected chi connectivity index (χ3v) is 2.66. The van der Waals surface area contributed by atoms with Crippen LogP contribution in [0, 0.1) is 5.92 Å². The molecule has 0 aliphatic heterocycles. The molecule has 1 rings (SSSR count). The number of urea groups is 1. The highest BCUT2D eigenvalue weighted by Gasteiger charge is 2.08. The van der Waals surface area contributed by atoms with E-state index in [-0.39, 0.29) is 23.9 Å². The van der Waals surface area contributed by atoms with Gasteiger partial charge in [0.25, 0.3) is 0 Å². The summed E-state index contributed by atoms with van der Waals surface area (Å²) in [7, 11) is 0. The Labute approximate surface area is 119 Å². The van der Waals surface area contributed by atoms with Crippen LogP contribution in [0.5, 0.6) is 0 Å². The van der Waals surface area contributed by atoms with Gasteiger partial charge in [-0.25, -0.2) is 9.78 Å². The molecule has 0 aliphatic carbocycles. The van der Waals surface area contributed by atoms with Crippen molar-refractivity contribution in [1.82, 2.24) is 25.5 Å². The maximum absolute atomic E-state index is 11.6. The zero-order valence-electron chi connectivity index (χ0n) is 12.2. The van der Waals surface area contributed by atoms with Crippen molar-refractivity contribution < 1.29 is 9.59 Å². The van der Waals surface area contributed by atoms with E-state index in [1.807, 2.05) is 31.5 Å². The molecule has 1 atom stereocenters. The summed E-state index contributed by atoms with van der Waals surface area (Å²) in [5.41, 5.74) is 0. The van der Waals surface area contributed by atoms with Gasteiger partial charge in [-0.2, -0.15) is 0 Å². The molecule has 7 heteroatoms. The summed E-state index contributed by atoms with van der Waals surface area (Å²) in [5.74, 6) is -0.0558. The standard InChI is InChI=1S/C13H23N5O2/c1-10(2)12(19)15-4-5-16-13(20)17-11(3)8-18-7-6-14-9-18/h6-7,9-11H,4-5,8H2,1-3H3,(H,15,19)(H2,16,17,20). The van der Waals surface area contributed by atoms with Gasteiger partial charge in [0.2, 0.25) is 5.91 Å². The van der Waals surface area contributed by atoms with Gasteiger partial charge in [0.1, 0.15) is 0 Å². The van der Waals surface area contributed by atoms with Crippen LogP contribution in [0.25, 0.3) is 0 Å².